The number of nitrogens with one attached hydrogen (secondary N) is 2. The van der Waals surface area contributed by atoms with E-state index in [4.69, 9.17) is 4.74 Å². The molecule has 6 nitrogen and oxygen atoms in total. The van der Waals surface area contributed by atoms with Crippen LogP contribution in [0.25, 0.3) is 0 Å². The number of halogens is 1. The molecule has 1 heterocycles. The predicted octanol–water partition coefficient (Wildman–Crippen LogP) is 1.71. The highest BCUT2D eigenvalue weighted by molar-refractivity contribution is 6.20. The standard InChI is InChI=1S/C18H22FN3O3/c1-2-16(18(24)22-15-7-9-25-10-8-15)17(23)21-12-20-11-13-3-5-14(19)6-4-13/h2-6,12,15H,7-11H2,1H3,(H,22,24)(H,20,21,23)/b16-2+. The van der Waals surface area contributed by atoms with E-state index in [-0.39, 0.29) is 17.4 Å². The molecule has 0 aliphatic carbocycles. The van der Waals surface area contributed by atoms with Crippen LogP contribution >= 0.6 is 0 Å². The van der Waals surface area contributed by atoms with Crippen LogP contribution in [0.1, 0.15) is 25.3 Å². The molecule has 2 N–H and O–H groups in total. The Balaban J connectivity index is 1.81. The summed E-state index contributed by atoms with van der Waals surface area (Å²) in [6.45, 7) is 3.16. The molecule has 0 unspecified atom stereocenters. The molecule has 1 aliphatic heterocycles. The van der Waals surface area contributed by atoms with Gasteiger partial charge >= 0.3 is 0 Å². The molecular weight excluding hydrogens is 325 g/mol. The predicted molar refractivity (Wildman–Crippen MR) is 92.5 cm³/mol. The van der Waals surface area contributed by atoms with Crippen LogP contribution < -0.4 is 10.6 Å². The van der Waals surface area contributed by atoms with Crippen molar-refractivity contribution in [3.63, 3.8) is 0 Å². The lowest BCUT2D eigenvalue weighted by molar-refractivity contribution is -0.123. The first kappa shape index (κ1) is 18.8. The number of amides is 2. The molecule has 1 aromatic carbocycles. The van der Waals surface area contributed by atoms with E-state index in [2.05, 4.69) is 15.6 Å². The fourth-order valence-corrected chi connectivity index (χ4v) is 2.39. The number of aliphatic imine (C=N–C) groups is 1. The van der Waals surface area contributed by atoms with Crippen LogP contribution in [0.2, 0.25) is 0 Å². The summed E-state index contributed by atoms with van der Waals surface area (Å²) in [6, 6.07) is 5.96. The van der Waals surface area contributed by atoms with Crippen LogP contribution in [0.3, 0.4) is 0 Å². The van der Waals surface area contributed by atoms with E-state index in [0.717, 1.165) is 18.4 Å². The summed E-state index contributed by atoms with van der Waals surface area (Å²) in [7, 11) is 0. The number of nitrogens with zero attached hydrogens (tertiary/aromatic N) is 1. The maximum absolute atomic E-state index is 12.8. The van der Waals surface area contributed by atoms with Crippen molar-refractivity contribution in [1.29, 1.82) is 0 Å². The first-order valence-electron chi connectivity index (χ1n) is 8.18. The molecule has 1 fully saturated rings. The van der Waals surface area contributed by atoms with Crippen molar-refractivity contribution < 1.29 is 18.7 Å². The van der Waals surface area contributed by atoms with Crippen LogP contribution in [0.15, 0.2) is 40.9 Å². The summed E-state index contributed by atoms with van der Waals surface area (Å²) in [5.41, 5.74) is 0.857. The first-order valence-corrected chi connectivity index (χ1v) is 8.18. The molecule has 2 amide bonds. The smallest absolute Gasteiger partial charge is 0.261 e. The minimum atomic E-state index is -0.519. The first-order chi connectivity index (χ1) is 12.1. The Morgan fingerprint density at radius 2 is 1.92 bits per heavy atom. The average molecular weight is 347 g/mol. The number of ether oxygens (including phenoxy) is 1. The van der Waals surface area contributed by atoms with Gasteiger partial charge < -0.3 is 15.4 Å². The Morgan fingerprint density at radius 3 is 2.56 bits per heavy atom. The molecule has 0 bridgehead atoms. The molecule has 0 aromatic heterocycles. The number of hydrogen-bond acceptors (Lipinski definition) is 4. The zero-order valence-electron chi connectivity index (χ0n) is 14.1. The monoisotopic (exact) mass is 347 g/mol. The molecule has 25 heavy (non-hydrogen) atoms. The van der Waals surface area contributed by atoms with Crippen LogP contribution in [0.4, 0.5) is 4.39 Å². The minimum Gasteiger partial charge on any atom is -0.381 e. The molecule has 7 heteroatoms. The largest absolute Gasteiger partial charge is 0.381 e. The van der Waals surface area contributed by atoms with Crippen LogP contribution in [-0.2, 0) is 20.9 Å². The van der Waals surface area contributed by atoms with Gasteiger partial charge in [-0.3, -0.25) is 14.6 Å². The zero-order chi connectivity index (χ0) is 18.1. The quantitative estimate of drug-likeness (QED) is 0.270. The van der Waals surface area contributed by atoms with Crippen molar-refractivity contribution in [3.05, 3.63) is 47.3 Å². The molecule has 134 valence electrons. The molecule has 0 saturated carbocycles. The Kier molecular flexibility index (Phi) is 7.28. The molecule has 1 aliphatic rings. The fraction of sp³-hybridized carbons (Fsp3) is 0.389. The average Bonchev–Trinajstić information content (AvgIpc) is 2.61. The van der Waals surface area contributed by atoms with Gasteiger partial charge in [0.15, 0.2) is 0 Å². The van der Waals surface area contributed by atoms with Gasteiger partial charge in [0, 0.05) is 19.3 Å². The third kappa shape index (κ3) is 6.11. The van der Waals surface area contributed by atoms with E-state index in [1.165, 1.54) is 24.5 Å². The summed E-state index contributed by atoms with van der Waals surface area (Å²) in [5, 5.41) is 5.32. The van der Waals surface area contributed by atoms with Crippen LogP contribution in [0.5, 0.6) is 0 Å². The summed E-state index contributed by atoms with van der Waals surface area (Å²) < 4.78 is 18.0. The van der Waals surface area contributed by atoms with E-state index in [1.807, 2.05) is 0 Å². The van der Waals surface area contributed by atoms with Gasteiger partial charge in [-0.2, -0.15) is 0 Å². The second kappa shape index (κ2) is 9.68. The lowest BCUT2D eigenvalue weighted by Gasteiger charge is -2.23. The Morgan fingerprint density at radius 1 is 1.24 bits per heavy atom. The summed E-state index contributed by atoms with van der Waals surface area (Å²) in [5.74, 6) is -1.23. The van der Waals surface area contributed by atoms with Gasteiger partial charge in [-0.05, 0) is 37.5 Å². The molecule has 2 rings (SSSR count). The topological polar surface area (TPSA) is 79.8 Å². The number of carbonyl (C=O) groups is 2. The highest BCUT2D eigenvalue weighted by Crippen LogP contribution is 2.07. The van der Waals surface area contributed by atoms with Gasteiger partial charge in [-0.1, -0.05) is 18.2 Å². The Bertz CT molecular complexity index is 650. The van der Waals surface area contributed by atoms with Crippen molar-refractivity contribution in [2.24, 2.45) is 4.99 Å². The highest BCUT2D eigenvalue weighted by Gasteiger charge is 2.21. The van der Waals surface area contributed by atoms with Gasteiger partial charge in [0.1, 0.15) is 11.4 Å². The van der Waals surface area contributed by atoms with Crippen molar-refractivity contribution in [2.45, 2.75) is 32.4 Å². The highest BCUT2D eigenvalue weighted by atomic mass is 19.1. The van der Waals surface area contributed by atoms with Crippen molar-refractivity contribution in [2.75, 3.05) is 13.2 Å². The summed E-state index contributed by atoms with van der Waals surface area (Å²) >= 11 is 0. The minimum absolute atomic E-state index is 0.0242. The Labute approximate surface area is 146 Å². The maximum atomic E-state index is 12.8. The van der Waals surface area contributed by atoms with Gasteiger partial charge in [-0.25, -0.2) is 4.39 Å². The molecular formula is C18H22FN3O3. The fourth-order valence-electron chi connectivity index (χ4n) is 2.39. The van der Waals surface area contributed by atoms with Crippen LogP contribution in [0, 0.1) is 5.82 Å². The molecule has 0 spiro atoms. The van der Waals surface area contributed by atoms with Gasteiger partial charge in [-0.15, -0.1) is 0 Å². The van der Waals surface area contributed by atoms with E-state index in [9.17, 15) is 14.0 Å². The van der Waals surface area contributed by atoms with E-state index < -0.39 is 11.8 Å². The number of hydrogen-bond donors (Lipinski definition) is 2. The molecule has 0 atom stereocenters. The normalized spacial score (nSPS) is 16.0. The summed E-state index contributed by atoms with van der Waals surface area (Å²) in [4.78, 5) is 28.4. The second-order valence-electron chi connectivity index (χ2n) is 5.63. The van der Waals surface area contributed by atoms with E-state index in [1.54, 1.807) is 19.1 Å². The molecule has 0 radical (unpaired) electrons. The summed E-state index contributed by atoms with van der Waals surface area (Å²) in [6.07, 6.45) is 4.20. The second-order valence-corrected chi connectivity index (χ2v) is 5.63. The van der Waals surface area contributed by atoms with E-state index in [0.29, 0.717) is 19.8 Å². The third-order valence-corrected chi connectivity index (χ3v) is 3.81. The van der Waals surface area contributed by atoms with Gasteiger partial charge in [0.2, 0.25) is 0 Å². The number of rotatable bonds is 6. The zero-order valence-corrected chi connectivity index (χ0v) is 14.1. The Hall–Kier alpha value is -2.54. The van der Waals surface area contributed by atoms with E-state index >= 15 is 0 Å². The van der Waals surface area contributed by atoms with Crippen LogP contribution in [-0.4, -0.2) is 37.4 Å². The van der Waals surface area contributed by atoms with Gasteiger partial charge in [0.05, 0.1) is 12.9 Å². The van der Waals surface area contributed by atoms with Crippen molar-refractivity contribution >= 4 is 18.2 Å². The molecule has 1 saturated heterocycles. The number of allylic oxidation sites excluding steroid dienone is 1. The van der Waals surface area contributed by atoms with Crippen molar-refractivity contribution in [3.8, 4) is 0 Å². The third-order valence-electron chi connectivity index (χ3n) is 3.81. The molecule has 1 aromatic rings. The van der Waals surface area contributed by atoms with Crippen molar-refractivity contribution in [1.82, 2.24) is 10.6 Å². The van der Waals surface area contributed by atoms with Gasteiger partial charge in [0.25, 0.3) is 11.8 Å². The number of benzene rings is 1. The SMILES string of the molecule is C/C=C(\C(=O)NC=NCc1ccc(F)cc1)C(=O)NC1CCOCC1. The lowest BCUT2D eigenvalue weighted by Crippen LogP contribution is -2.42. The lowest BCUT2D eigenvalue weighted by atomic mass is 10.1. The maximum Gasteiger partial charge on any atom is 0.261 e. The number of carbonyl (C=O) groups excluding carboxylic acids is 2.